The smallest absolute Gasteiger partial charge is 0.338 e. The molecule has 1 aromatic carbocycles. The minimum absolute atomic E-state index is 0.0541. The zero-order valence-corrected chi connectivity index (χ0v) is 17.8. The second kappa shape index (κ2) is 10.2. The first-order chi connectivity index (χ1) is 14.7. The van der Waals surface area contributed by atoms with Gasteiger partial charge in [0.1, 0.15) is 30.6 Å². The standard InChI is InChI=1S/C22H24N2O7/c1-12(2)21(25)29-8-9-30-22(26)18-13(3)31-20(24)15(11-23)19(18)14-6-7-16(27-4)17(10-14)28-5/h6-7,10,19H,1,8-9,24H2,2-5H3/t19-/m1/s1. The lowest BCUT2D eigenvalue weighted by Gasteiger charge is -2.27. The van der Waals surface area contributed by atoms with E-state index >= 15 is 0 Å². The summed E-state index contributed by atoms with van der Waals surface area (Å²) in [5.41, 5.74) is 6.85. The Kier molecular flexibility index (Phi) is 7.69. The Hall–Kier alpha value is -3.93. The highest BCUT2D eigenvalue weighted by Gasteiger charge is 2.36. The molecule has 31 heavy (non-hydrogen) atoms. The number of rotatable bonds is 8. The van der Waals surface area contributed by atoms with Gasteiger partial charge < -0.3 is 29.4 Å². The van der Waals surface area contributed by atoms with Crippen LogP contribution in [0.5, 0.6) is 11.5 Å². The average Bonchev–Trinajstić information content (AvgIpc) is 2.75. The Morgan fingerprint density at radius 3 is 2.42 bits per heavy atom. The molecule has 0 amide bonds. The third-order valence-corrected chi connectivity index (χ3v) is 4.46. The molecule has 2 N–H and O–H groups in total. The Balaban J connectivity index is 2.34. The molecule has 0 unspecified atom stereocenters. The number of hydrogen-bond acceptors (Lipinski definition) is 9. The van der Waals surface area contributed by atoms with Crippen molar-refractivity contribution >= 4 is 11.9 Å². The number of benzene rings is 1. The van der Waals surface area contributed by atoms with Crippen LogP contribution in [0.15, 0.2) is 53.1 Å². The number of nitriles is 1. The lowest BCUT2D eigenvalue weighted by molar-refractivity contribution is -0.147. The van der Waals surface area contributed by atoms with Gasteiger partial charge in [0.15, 0.2) is 11.5 Å². The highest BCUT2D eigenvalue weighted by Crippen LogP contribution is 2.42. The van der Waals surface area contributed by atoms with Gasteiger partial charge >= 0.3 is 11.9 Å². The summed E-state index contributed by atoms with van der Waals surface area (Å²) in [7, 11) is 2.97. The number of allylic oxidation sites excluding steroid dienone is 2. The first-order valence-electron chi connectivity index (χ1n) is 9.25. The molecule has 0 bridgehead atoms. The van der Waals surface area contributed by atoms with E-state index in [2.05, 4.69) is 6.58 Å². The summed E-state index contributed by atoms with van der Waals surface area (Å²) in [5.74, 6) is -1.17. The molecule has 0 fully saturated rings. The van der Waals surface area contributed by atoms with E-state index in [4.69, 9.17) is 29.4 Å². The molecule has 0 saturated heterocycles. The molecular weight excluding hydrogens is 404 g/mol. The zero-order chi connectivity index (χ0) is 23.1. The molecule has 0 saturated carbocycles. The number of carbonyl (C=O) groups is 2. The van der Waals surface area contributed by atoms with Gasteiger partial charge in [-0.3, -0.25) is 0 Å². The maximum atomic E-state index is 12.9. The fraction of sp³-hybridized carbons (Fsp3) is 0.318. The van der Waals surface area contributed by atoms with Crippen molar-refractivity contribution in [2.24, 2.45) is 5.73 Å². The van der Waals surface area contributed by atoms with Crippen LogP contribution in [-0.4, -0.2) is 39.4 Å². The fourth-order valence-electron chi connectivity index (χ4n) is 2.98. The number of methoxy groups -OCH3 is 2. The zero-order valence-electron chi connectivity index (χ0n) is 17.8. The van der Waals surface area contributed by atoms with E-state index in [9.17, 15) is 14.9 Å². The largest absolute Gasteiger partial charge is 0.493 e. The Bertz CT molecular complexity index is 1000. The van der Waals surface area contributed by atoms with Crippen LogP contribution in [-0.2, 0) is 23.8 Å². The third-order valence-electron chi connectivity index (χ3n) is 4.46. The molecule has 2 rings (SSSR count). The fourth-order valence-corrected chi connectivity index (χ4v) is 2.98. The van der Waals surface area contributed by atoms with Crippen molar-refractivity contribution in [1.82, 2.24) is 0 Å². The predicted molar refractivity (Wildman–Crippen MR) is 110 cm³/mol. The van der Waals surface area contributed by atoms with E-state index in [1.807, 2.05) is 6.07 Å². The highest BCUT2D eigenvalue weighted by molar-refractivity contribution is 5.92. The molecule has 164 valence electrons. The second-order valence-corrected chi connectivity index (χ2v) is 6.56. The maximum Gasteiger partial charge on any atom is 0.338 e. The normalized spacial score (nSPS) is 15.5. The van der Waals surface area contributed by atoms with E-state index in [1.54, 1.807) is 25.1 Å². The van der Waals surface area contributed by atoms with Crippen LogP contribution in [0.1, 0.15) is 25.3 Å². The summed E-state index contributed by atoms with van der Waals surface area (Å²) in [6, 6.07) is 7.00. The van der Waals surface area contributed by atoms with Crippen molar-refractivity contribution in [3.8, 4) is 17.6 Å². The molecular formula is C22H24N2O7. The molecule has 9 heteroatoms. The van der Waals surface area contributed by atoms with Gasteiger partial charge in [0.25, 0.3) is 0 Å². The summed E-state index contributed by atoms with van der Waals surface area (Å²) < 4.78 is 26.2. The van der Waals surface area contributed by atoms with Crippen LogP contribution in [0, 0.1) is 11.3 Å². The quantitative estimate of drug-likeness (QED) is 0.377. The van der Waals surface area contributed by atoms with Crippen molar-refractivity contribution in [3.63, 3.8) is 0 Å². The van der Waals surface area contributed by atoms with Gasteiger partial charge in [-0.25, -0.2) is 9.59 Å². The number of nitrogens with two attached hydrogens (primary N) is 1. The van der Waals surface area contributed by atoms with Crippen LogP contribution < -0.4 is 15.2 Å². The molecule has 0 radical (unpaired) electrons. The minimum Gasteiger partial charge on any atom is -0.493 e. The lowest BCUT2D eigenvalue weighted by Crippen LogP contribution is -2.26. The van der Waals surface area contributed by atoms with Crippen molar-refractivity contribution in [2.45, 2.75) is 19.8 Å². The Labute approximate surface area is 180 Å². The molecule has 1 aliphatic heterocycles. The van der Waals surface area contributed by atoms with Gasteiger partial charge in [0.2, 0.25) is 5.88 Å². The summed E-state index contributed by atoms with van der Waals surface area (Å²) >= 11 is 0. The summed E-state index contributed by atoms with van der Waals surface area (Å²) in [5, 5.41) is 9.67. The van der Waals surface area contributed by atoms with E-state index in [0.717, 1.165) is 0 Å². The number of ether oxygens (including phenoxy) is 5. The molecule has 9 nitrogen and oxygen atoms in total. The van der Waals surface area contributed by atoms with Crippen LogP contribution >= 0.6 is 0 Å². The summed E-state index contributed by atoms with van der Waals surface area (Å²) in [6.45, 7) is 6.20. The van der Waals surface area contributed by atoms with Gasteiger partial charge in [-0.2, -0.15) is 5.26 Å². The minimum atomic E-state index is -0.843. The SMILES string of the molecule is C=C(C)C(=O)OCCOC(=O)C1=C(C)OC(N)=C(C#N)[C@H]1c1ccc(OC)c(OC)c1. The summed E-state index contributed by atoms with van der Waals surface area (Å²) in [4.78, 5) is 24.3. The van der Waals surface area contributed by atoms with E-state index < -0.39 is 17.9 Å². The van der Waals surface area contributed by atoms with Crippen LogP contribution in [0.4, 0.5) is 0 Å². The van der Waals surface area contributed by atoms with Gasteiger partial charge in [-0.05, 0) is 31.5 Å². The molecule has 0 spiro atoms. The first-order valence-corrected chi connectivity index (χ1v) is 9.25. The first kappa shape index (κ1) is 23.3. The van der Waals surface area contributed by atoms with Crippen LogP contribution in [0.2, 0.25) is 0 Å². The van der Waals surface area contributed by atoms with Gasteiger partial charge in [-0.15, -0.1) is 0 Å². The van der Waals surface area contributed by atoms with Gasteiger partial charge in [0.05, 0.1) is 25.7 Å². The number of carbonyl (C=O) groups excluding carboxylic acids is 2. The second-order valence-electron chi connectivity index (χ2n) is 6.56. The highest BCUT2D eigenvalue weighted by atomic mass is 16.6. The topological polar surface area (TPSA) is 130 Å². The van der Waals surface area contributed by atoms with Gasteiger partial charge in [0, 0.05) is 5.57 Å². The van der Waals surface area contributed by atoms with Crippen molar-refractivity contribution in [1.29, 1.82) is 5.26 Å². The molecule has 0 aliphatic carbocycles. The molecule has 1 aromatic rings. The predicted octanol–water partition coefficient (Wildman–Crippen LogP) is 2.45. The van der Waals surface area contributed by atoms with Crippen LogP contribution in [0.25, 0.3) is 0 Å². The maximum absolute atomic E-state index is 12.9. The van der Waals surface area contributed by atoms with Gasteiger partial charge in [-0.1, -0.05) is 12.6 Å². The Morgan fingerprint density at radius 2 is 1.84 bits per heavy atom. The number of nitrogens with zero attached hydrogens (tertiary/aromatic N) is 1. The van der Waals surface area contributed by atoms with E-state index in [0.29, 0.717) is 17.1 Å². The van der Waals surface area contributed by atoms with E-state index in [-0.39, 0.29) is 41.6 Å². The molecule has 0 aromatic heterocycles. The average molecular weight is 428 g/mol. The molecule has 1 heterocycles. The monoisotopic (exact) mass is 428 g/mol. The number of esters is 2. The molecule has 1 atom stereocenters. The van der Waals surface area contributed by atoms with Crippen molar-refractivity contribution < 1.29 is 33.3 Å². The van der Waals surface area contributed by atoms with Crippen LogP contribution in [0.3, 0.4) is 0 Å². The third kappa shape index (κ3) is 5.17. The number of hydrogen-bond donors (Lipinski definition) is 1. The lowest BCUT2D eigenvalue weighted by atomic mass is 9.83. The Morgan fingerprint density at radius 1 is 1.19 bits per heavy atom. The van der Waals surface area contributed by atoms with Crippen molar-refractivity contribution in [3.05, 3.63) is 58.7 Å². The summed E-state index contributed by atoms with van der Waals surface area (Å²) in [6.07, 6.45) is 0. The molecule has 1 aliphatic rings. The van der Waals surface area contributed by atoms with Crippen molar-refractivity contribution in [2.75, 3.05) is 27.4 Å². The van der Waals surface area contributed by atoms with E-state index in [1.165, 1.54) is 21.1 Å².